The molecule has 0 amide bonds. The van der Waals surface area contributed by atoms with Crippen molar-refractivity contribution in [1.82, 2.24) is 0 Å². The number of halogens is 3. The molecule has 4 aliphatic rings. The van der Waals surface area contributed by atoms with Crippen LogP contribution in [0.15, 0.2) is 23.3 Å². The van der Waals surface area contributed by atoms with Crippen molar-refractivity contribution in [3.8, 4) is 0 Å². The largest absolute Gasteiger partial charge is 0.392 e. The van der Waals surface area contributed by atoms with Crippen LogP contribution in [-0.4, -0.2) is 12.0 Å². The monoisotopic (exact) mass is 352 g/mol. The number of carbonyl (C=O) groups excluding carboxylic acids is 1. The van der Waals surface area contributed by atoms with E-state index in [1.165, 1.54) is 5.57 Å². The lowest BCUT2D eigenvalue weighted by Crippen LogP contribution is -2.50. The highest BCUT2D eigenvalue weighted by atomic mass is 19.4. The van der Waals surface area contributed by atoms with Crippen LogP contribution in [-0.2, 0) is 4.79 Å². The third-order valence-electron chi connectivity index (χ3n) is 8.09. The van der Waals surface area contributed by atoms with Crippen LogP contribution in [0.1, 0.15) is 65.2 Å². The molecule has 1 nitrogen and oxygen atoms in total. The van der Waals surface area contributed by atoms with Crippen LogP contribution in [0.4, 0.5) is 13.2 Å². The van der Waals surface area contributed by atoms with Crippen molar-refractivity contribution in [2.75, 3.05) is 0 Å². The van der Waals surface area contributed by atoms with Gasteiger partial charge in [0, 0.05) is 6.42 Å². The fourth-order valence-electron chi connectivity index (χ4n) is 6.71. The molecule has 0 heterocycles. The molecule has 0 aromatic rings. The molecule has 0 spiro atoms. The van der Waals surface area contributed by atoms with Crippen molar-refractivity contribution in [3.63, 3.8) is 0 Å². The summed E-state index contributed by atoms with van der Waals surface area (Å²) >= 11 is 0. The minimum Gasteiger partial charge on any atom is -0.295 e. The van der Waals surface area contributed by atoms with Gasteiger partial charge < -0.3 is 0 Å². The Labute approximate surface area is 147 Å². The highest BCUT2D eigenvalue weighted by Gasteiger charge is 2.57. The highest BCUT2D eigenvalue weighted by Crippen LogP contribution is 2.66. The summed E-state index contributed by atoms with van der Waals surface area (Å²) in [6, 6.07) is 0. The molecule has 138 valence electrons. The average Bonchev–Trinajstić information content (AvgIpc) is 2.83. The molecule has 0 aliphatic heterocycles. The van der Waals surface area contributed by atoms with Crippen LogP contribution in [0.3, 0.4) is 0 Å². The second-order valence-electron chi connectivity index (χ2n) is 9.18. The van der Waals surface area contributed by atoms with Gasteiger partial charge in [-0.05, 0) is 73.2 Å². The molecule has 5 atom stereocenters. The number of allylic oxidation sites excluding steroid dienone is 4. The molecular formula is C21H27F3O. The van der Waals surface area contributed by atoms with Gasteiger partial charge in [-0.1, -0.05) is 31.1 Å². The Morgan fingerprint density at radius 1 is 1.08 bits per heavy atom. The SMILES string of the molecule is C[C@]12CCC(=O)C=C1CC[C@@H]1[C@@H]2CC[C@]2(C)C(CC(F)(F)F)=CC[C@@H]12. The summed E-state index contributed by atoms with van der Waals surface area (Å²) < 4.78 is 39.0. The van der Waals surface area contributed by atoms with Gasteiger partial charge in [-0.2, -0.15) is 13.2 Å². The lowest BCUT2D eigenvalue weighted by atomic mass is 9.47. The number of alkyl halides is 3. The molecule has 0 radical (unpaired) electrons. The Morgan fingerprint density at radius 3 is 2.56 bits per heavy atom. The Morgan fingerprint density at radius 2 is 1.84 bits per heavy atom. The van der Waals surface area contributed by atoms with E-state index in [2.05, 4.69) is 13.8 Å². The highest BCUT2D eigenvalue weighted by molar-refractivity contribution is 5.91. The number of carbonyl (C=O) groups is 1. The maximum Gasteiger partial charge on any atom is 0.392 e. The first-order valence-corrected chi connectivity index (χ1v) is 9.64. The molecule has 2 saturated carbocycles. The van der Waals surface area contributed by atoms with E-state index in [1.54, 1.807) is 0 Å². The summed E-state index contributed by atoms with van der Waals surface area (Å²) in [6.45, 7) is 4.39. The van der Waals surface area contributed by atoms with Gasteiger partial charge in [0.1, 0.15) is 0 Å². The van der Waals surface area contributed by atoms with Gasteiger partial charge in [-0.3, -0.25) is 4.79 Å². The zero-order valence-corrected chi connectivity index (χ0v) is 15.1. The molecule has 0 aromatic carbocycles. The summed E-state index contributed by atoms with van der Waals surface area (Å²) in [4.78, 5) is 11.8. The number of hydrogen-bond acceptors (Lipinski definition) is 1. The Hall–Kier alpha value is -1.06. The maximum absolute atomic E-state index is 13.0. The molecule has 4 heteroatoms. The van der Waals surface area contributed by atoms with Crippen LogP contribution in [0.5, 0.6) is 0 Å². The molecule has 2 fully saturated rings. The van der Waals surface area contributed by atoms with E-state index < -0.39 is 12.6 Å². The summed E-state index contributed by atoms with van der Waals surface area (Å²) in [6.07, 6.45) is 5.12. The fraction of sp³-hybridized carbons (Fsp3) is 0.762. The Balaban J connectivity index is 1.61. The van der Waals surface area contributed by atoms with Gasteiger partial charge >= 0.3 is 6.18 Å². The summed E-state index contributed by atoms with van der Waals surface area (Å²) in [7, 11) is 0. The summed E-state index contributed by atoms with van der Waals surface area (Å²) in [5, 5.41) is 0. The maximum atomic E-state index is 13.0. The van der Waals surface area contributed by atoms with Gasteiger partial charge in [-0.25, -0.2) is 0 Å². The van der Waals surface area contributed by atoms with Crippen molar-refractivity contribution in [2.45, 2.75) is 71.4 Å². The molecular weight excluding hydrogens is 325 g/mol. The van der Waals surface area contributed by atoms with E-state index >= 15 is 0 Å². The first-order chi connectivity index (χ1) is 11.6. The van der Waals surface area contributed by atoms with E-state index in [1.807, 2.05) is 12.2 Å². The fourth-order valence-corrected chi connectivity index (χ4v) is 6.71. The normalized spacial score (nSPS) is 43.7. The predicted octanol–water partition coefficient (Wildman–Crippen LogP) is 6.01. The molecule has 25 heavy (non-hydrogen) atoms. The van der Waals surface area contributed by atoms with Crippen molar-refractivity contribution in [2.24, 2.45) is 28.6 Å². The standard InChI is InChI=1S/C21H27F3O/c1-19-9-7-15(25)11-13(19)3-5-16-17-6-4-14(12-21(22,23)24)20(17,2)10-8-18(16)19/h4,11,16-18H,3,5-10,12H2,1-2H3/t16-,17-,18-,19-,20+/m0/s1. The number of rotatable bonds is 1. The van der Waals surface area contributed by atoms with Gasteiger partial charge in [0.05, 0.1) is 6.42 Å². The molecule has 0 unspecified atom stereocenters. The lowest BCUT2D eigenvalue weighted by molar-refractivity contribution is -0.132. The second-order valence-corrected chi connectivity index (χ2v) is 9.18. The Kier molecular flexibility index (Phi) is 3.80. The summed E-state index contributed by atoms with van der Waals surface area (Å²) in [5.41, 5.74) is 1.76. The topological polar surface area (TPSA) is 17.1 Å². The molecule has 0 aromatic heterocycles. The van der Waals surface area contributed by atoms with Crippen molar-refractivity contribution < 1.29 is 18.0 Å². The van der Waals surface area contributed by atoms with E-state index in [-0.39, 0.29) is 16.6 Å². The zero-order valence-electron chi connectivity index (χ0n) is 15.1. The Bertz CT molecular complexity index is 659. The quantitative estimate of drug-likeness (QED) is 0.528. The van der Waals surface area contributed by atoms with E-state index in [0.717, 1.165) is 38.5 Å². The predicted molar refractivity (Wildman–Crippen MR) is 90.8 cm³/mol. The van der Waals surface area contributed by atoms with Crippen LogP contribution in [0, 0.1) is 28.6 Å². The molecule has 0 N–H and O–H groups in total. The minimum atomic E-state index is -4.11. The average molecular weight is 352 g/mol. The van der Waals surface area contributed by atoms with Crippen LogP contribution in [0.2, 0.25) is 0 Å². The van der Waals surface area contributed by atoms with Gasteiger partial charge in [0.15, 0.2) is 5.78 Å². The van der Waals surface area contributed by atoms with E-state index in [9.17, 15) is 18.0 Å². The molecule has 4 aliphatic carbocycles. The third-order valence-corrected chi connectivity index (χ3v) is 8.09. The first-order valence-electron chi connectivity index (χ1n) is 9.64. The van der Waals surface area contributed by atoms with E-state index in [0.29, 0.717) is 29.7 Å². The first kappa shape index (κ1) is 17.4. The van der Waals surface area contributed by atoms with Crippen molar-refractivity contribution in [3.05, 3.63) is 23.3 Å². The molecule has 4 rings (SSSR count). The van der Waals surface area contributed by atoms with Crippen molar-refractivity contribution in [1.29, 1.82) is 0 Å². The molecule has 0 saturated heterocycles. The van der Waals surface area contributed by atoms with Gasteiger partial charge in [0.2, 0.25) is 0 Å². The zero-order chi connectivity index (χ0) is 18.0. The van der Waals surface area contributed by atoms with Crippen LogP contribution >= 0.6 is 0 Å². The van der Waals surface area contributed by atoms with E-state index in [4.69, 9.17) is 0 Å². The minimum absolute atomic E-state index is 0.0882. The van der Waals surface area contributed by atoms with Crippen LogP contribution in [0.25, 0.3) is 0 Å². The molecule has 0 bridgehead atoms. The smallest absolute Gasteiger partial charge is 0.295 e. The van der Waals surface area contributed by atoms with Gasteiger partial charge in [0.25, 0.3) is 0 Å². The lowest BCUT2D eigenvalue weighted by Gasteiger charge is -2.58. The van der Waals surface area contributed by atoms with Gasteiger partial charge in [-0.15, -0.1) is 0 Å². The van der Waals surface area contributed by atoms with Crippen molar-refractivity contribution >= 4 is 5.78 Å². The summed E-state index contributed by atoms with van der Waals surface area (Å²) in [5.74, 6) is 1.62. The number of ketones is 1. The number of fused-ring (bicyclic) bond motifs is 5. The van der Waals surface area contributed by atoms with Crippen LogP contribution < -0.4 is 0 Å². The number of hydrogen-bond donors (Lipinski definition) is 0. The third kappa shape index (κ3) is 2.62. The second kappa shape index (κ2) is 5.47.